The molecule has 0 atom stereocenters. The van der Waals surface area contributed by atoms with Crippen LogP contribution in [0.5, 0.6) is 0 Å². The van der Waals surface area contributed by atoms with E-state index < -0.39 is 0 Å². The molecule has 0 bridgehead atoms. The smallest absolute Gasteiger partial charge is 0.166 e. The average molecular weight is 151 g/mol. The van der Waals surface area contributed by atoms with Crippen molar-refractivity contribution in [1.82, 2.24) is 4.57 Å². The summed E-state index contributed by atoms with van der Waals surface area (Å²) in [5.41, 5.74) is 3.04. The largest absolute Gasteiger partial charge is 0.343 e. The fourth-order valence-electron chi connectivity index (χ4n) is 1.44. The molecule has 2 nitrogen and oxygen atoms in total. The topological polar surface area (TPSA) is 22.0 Å². The van der Waals surface area contributed by atoms with Gasteiger partial charge in [-0.15, -0.1) is 0 Å². The van der Waals surface area contributed by atoms with Crippen molar-refractivity contribution in [2.45, 2.75) is 27.3 Å². The maximum Gasteiger partial charge on any atom is 0.166 e. The molecule has 0 aliphatic heterocycles. The van der Waals surface area contributed by atoms with Crippen molar-refractivity contribution >= 4 is 6.29 Å². The van der Waals surface area contributed by atoms with E-state index >= 15 is 0 Å². The molecule has 1 rings (SSSR count). The Morgan fingerprint density at radius 2 is 2.18 bits per heavy atom. The van der Waals surface area contributed by atoms with Gasteiger partial charge in [-0.3, -0.25) is 4.79 Å². The number of carbonyl (C=O) groups excluding carboxylic acids is 1. The Morgan fingerprint density at radius 3 is 2.55 bits per heavy atom. The van der Waals surface area contributed by atoms with Gasteiger partial charge in [0.2, 0.25) is 0 Å². The van der Waals surface area contributed by atoms with Gasteiger partial charge in [-0.1, -0.05) is 0 Å². The highest BCUT2D eigenvalue weighted by Crippen LogP contribution is 2.12. The molecule has 0 unspecified atom stereocenters. The number of aldehydes is 1. The minimum atomic E-state index is 0.810. The van der Waals surface area contributed by atoms with Crippen LogP contribution in [0, 0.1) is 13.8 Å². The molecule has 0 N–H and O–H groups in total. The van der Waals surface area contributed by atoms with E-state index in [1.165, 1.54) is 0 Å². The third kappa shape index (κ3) is 1.20. The maximum absolute atomic E-state index is 10.6. The van der Waals surface area contributed by atoms with Crippen LogP contribution in [0.1, 0.15) is 28.7 Å². The van der Waals surface area contributed by atoms with Crippen LogP contribution in [-0.2, 0) is 6.54 Å². The monoisotopic (exact) mass is 151 g/mol. The summed E-state index contributed by atoms with van der Waals surface area (Å²) in [4.78, 5) is 10.6. The molecule has 1 aromatic rings. The van der Waals surface area contributed by atoms with Crippen molar-refractivity contribution < 1.29 is 4.79 Å². The van der Waals surface area contributed by atoms with Crippen LogP contribution < -0.4 is 0 Å². The van der Waals surface area contributed by atoms with Gasteiger partial charge >= 0.3 is 0 Å². The van der Waals surface area contributed by atoms with Crippen LogP contribution in [0.3, 0.4) is 0 Å². The van der Waals surface area contributed by atoms with Crippen LogP contribution in [0.2, 0.25) is 0 Å². The van der Waals surface area contributed by atoms with Crippen LogP contribution >= 0.6 is 0 Å². The first-order valence-corrected chi connectivity index (χ1v) is 3.82. The van der Waals surface area contributed by atoms with E-state index in [2.05, 4.69) is 0 Å². The first kappa shape index (κ1) is 8.05. The molecular weight excluding hydrogens is 138 g/mol. The highest BCUT2D eigenvalue weighted by atomic mass is 16.1. The Balaban J connectivity index is 3.28. The highest BCUT2D eigenvalue weighted by Gasteiger charge is 2.05. The molecule has 11 heavy (non-hydrogen) atoms. The first-order chi connectivity index (χ1) is 5.20. The fourth-order valence-corrected chi connectivity index (χ4v) is 1.44. The van der Waals surface area contributed by atoms with E-state index in [-0.39, 0.29) is 0 Å². The van der Waals surface area contributed by atoms with E-state index in [0.29, 0.717) is 0 Å². The van der Waals surface area contributed by atoms with Gasteiger partial charge in [-0.25, -0.2) is 0 Å². The average Bonchev–Trinajstić information content (AvgIpc) is 2.24. The quantitative estimate of drug-likeness (QED) is 0.592. The lowest BCUT2D eigenvalue weighted by molar-refractivity contribution is 0.111. The standard InChI is InChI=1S/C9H13NO/c1-4-10-8(3)5-7(2)9(10)6-11/h5-6H,4H2,1-3H3. The second-order valence-corrected chi connectivity index (χ2v) is 2.72. The van der Waals surface area contributed by atoms with E-state index in [4.69, 9.17) is 0 Å². The summed E-state index contributed by atoms with van der Waals surface area (Å²) in [7, 11) is 0. The van der Waals surface area contributed by atoms with Crippen molar-refractivity contribution in [2.75, 3.05) is 0 Å². The zero-order valence-corrected chi connectivity index (χ0v) is 7.22. The number of hydrogen-bond donors (Lipinski definition) is 0. The Labute approximate surface area is 66.8 Å². The van der Waals surface area contributed by atoms with Gasteiger partial charge in [-0.05, 0) is 32.4 Å². The molecule has 2 heteroatoms. The Morgan fingerprint density at radius 1 is 1.55 bits per heavy atom. The summed E-state index contributed by atoms with van der Waals surface area (Å²) in [6.07, 6.45) is 0.922. The number of nitrogens with zero attached hydrogens (tertiary/aromatic N) is 1. The van der Waals surface area contributed by atoms with Crippen molar-refractivity contribution in [3.63, 3.8) is 0 Å². The molecule has 0 radical (unpaired) electrons. The van der Waals surface area contributed by atoms with Gasteiger partial charge in [0, 0.05) is 12.2 Å². The highest BCUT2D eigenvalue weighted by molar-refractivity contribution is 5.75. The van der Waals surface area contributed by atoms with Crippen molar-refractivity contribution in [1.29, 1.82) is 0 Å². The van der Waals surface area contributed by atoms with E-state index in [0.717, 1.165) is 29.8 Å². The predicted octanol–water partition coefficient (Wildman–Crippen LogP) is 1.94. The molecular formula is C9H13NO. The summed E-state index contributed by atoms with van der Waals surface area (Å²) in [6.45, 7) is 6.89. The SMILES string of the molecule is CCn1c(C)cc(C)c1C=O. The summed E-state index contributed by atoms with van der Waals surface area (Å²) in [5, 5.41) is 0. The fraction of sp³-hybridized carbons (Fsp3) is 0.444. The normalized spacial score (nSPS) is 10.1. The number of aromatic nitrogens is 1. The molecule has 0 fully saturated rings. The second-order valence-electron chi connectivity index (χ2n) is 2.72. The molecule has 1 heterocycles. The van der Waals surface area contributed by atoms with Crippen LogP contribution in [-0.4, -0.2) is 10.9 Å². The van der Waals surface area contributed by atoms with Crippen LogP contribution in [0.15, 0.2) is 6.07 Å². The Kier molecular flexibility index (Phi) is 2.13. The van der Waals surface area contributed by atoms with E-state index in [9.17, 15) is 4.79 Å². The zero-order chi connectivity index (χ0) is 8.43. The number of hydrogen-bond acceptors (Lipinski definition) is 1. The molecule has 60 valence electrons. The van der Waals surface area contributed by atoms with Crippen LogP contribution in [0.4, 0.5) is 0 Å². The summed E-state index contributed by atoms with van der Waals surface area (Å²) in [5.74, 6) is 0. The lowest BCUT2D eigenvalue weighted by Crippen LogP contribution is -2.01. The van der Waals surface area contributed by atoms with Gasteiger partial charge in [0.25, 0.3) is 0 Å². The molecule has 0 aliphatic rings. The Hall–Kier alpha value is -1.05. The molecule has 0 aromatic carbocycles. The van der Waals surface area contributed by atoms with Gasteiger partial charge in [-0.2, -0.15) is 0 Å². The lowest BCUT2D eigenvalue weighted by Gasteiger charge is -2.02. The summed E-state index contributed by atoms with van der Waals surface area (Å²) < 4.78 is 2.02. The number of carbonyl (C=O) groups is 1. The van der Waals surface area contributed by atoms with E-state index in [1.54, 1.807) is 0 Å². The lowest BCUT2D eigenvalue weighted by atomic mass is 10.3. The second kappa shape index (κ2) is 2.91. The van der Waals surface area contributed by atoms with Crippen molar-refractivity contribution in [3.05, 3.63) is 23.0 Å². The first-order valence-electron chi connectivity index (χ1n) is 3.82. The van der Waals surface area contributed by atoms with Gasteiger partial charge < -0.3 is 4.57 Å². The summed E-state index contributed by atoms with van der Waals surface area (Å²) in [6, 6.07) is 2.03. The third-order valence-electron chi connectivity index (χ3n) is 1.97. The third-order valence-corrected chi connectivity index (χ3v) is 1.97. The van der Waals surface area contributed by atoms with Gasteiger partial charge in [0.15, 0.2) is 6.29 Å². The molecule has 0 spiro atoms. The number of aryl methyl sites for hydroxylation is 2. The van der Waals surface area contributed by atoms with Gasteiger partial charge in [0.05, 0.1) is 5.69 Å². The number of rotatable bonds is 2. The van der Waals surface area contributed by atoms with Gasteiger partial charge in [0.1, 0.15) is 0 Å². The zero-order valence-electron chi connectivity index (χ0n) is 7.22. The molecule has 1 aromatic heterocycles. The minimum Gasteiger partial charge on any atom is -0.343 e. The summed E-state index contributed by atoms with van der Waals surface area (Å²) >= 11 is 0. The molecule has 0 aliphatic carbocycles. The molecule has 0 saturated carbocycles. The Bertz CT molecular complexity index is 273. The molecule has 0 amide bonds. The van der Waals surface area contributed by atoms with Crippen LogP contribution in [0.25, 0.3) is 0 Å². The minimum absolute atomic E-state index is 0.810. The predicted molar refractivity (Wildman–Crippen MR) is 45.0 cm³/mol. The molecule has 0 saturated heterocycles. The van der Waals surface area contributed by atoms with Crippen molar-refractivity contribution in [2.24, 2.45) is 0 Å². The van der Waals surface area contributed by atoms with Crippen molar-refractivity contribution in [3.8, 4) is 0 Å². The van der Waals surface area contributed by atoms with E-state index in [1.807, 2.05) is 31.4 Å². The maximum atomic E-state index is 10.6.